The fourth-order valence-electron chi connectivity index (χ4n) is 2.04. The molecule has 2 heterocycles. The fraction of sp³-hybridized carbons (Fsp3) is 0. The number of hydrogen-bond acceptors (Lipinski definition) is 6. The zero-order chi connectivity index (χ0) is 17.6. The van der Waals surface area contributed by atoms with Crippen molar-refractivity contribution in [3.05, 3.63) is 61.3 Å². The van der Waals surface area contributed by atoms with Gasteiger partial charge in [0.15, 0.2) is 0 Å². The summed E-state index contributed by atoms with van der Waals surface area (Å²) in [6.45, 7) is 0. The van der Waals surface area contributed by atoms with Crippen LogP contribution in [0.5, 0.6) is 0 Å². The molecule has 0 spiro atoms. The summed E-state index contributed by atoms with van der Waals surface area (Å²) in [6, 6.07) is 6.73. The van der Waals surface area contributed by atoms with Crippen molar-refractivity contribution in [3.8, 4) is 0 Å². The maximum absolute atomic E-state index is 12.8. The number of pyridine rings is 1. The number of sulfone groups is 1. The number of hydrogen-bond donors (Lipinski definition) is 0. The Balaban J connectivity index is 2.27. The van der Waals surface area contributed by atoms with E-state index in [1.165, 1.54) is 24.3 Å². The average molecular weight is 450 g/mol. The van der Waals surface area contributed by atoms with Gasteiger partial charge in [-0.05, 0) is 40.2 Å². The molecule has 124 valence electrons. The van der Waals surface area contributed by atoms with Crippen molar-refractivity contribution in [1.82, 2.24) is 0 Å². The van der Waals surface area contributed by atoms with Gasteiger partial charge in [0, 0.05) is 11.1 Å². The summed E-state index contributed by atoms with van der Waals surface area (Å²) >= 11 is 9.65. The molecule has 1 aromatic carbocycles. The average Bonchev–Trinajstić information content (AvgIpc) is 2.86. The highest BCUT2D eigenvalue weighted by Crippen LogP contribution is 2.40. The van der Waals surface area contributed by atoms with Crippen molar-refractivity contribution in [2.24, 2.45) is 0 Å². The highest BCUT2D eigenvalue weighted by atomic mass is 79.9. The minimum atomic E-state index is -3.91. The molecule has 11 heteroatoms. The van der Waals surface area contributed by atoms with Crippen LogP contribution in [0.4, 0.5) is 5.69 Å². The van der Waals surface area contributed by atoms with E-state index < -0.39 is 20.4 Å². The zero-order valence-electron chi connectivity index (χ0n) is 11.5. The first-order valence-corrected chi connectivity index (χ1v) is 9.69. The van der Waals surface area contributed by atoms with Crippen molar-refractivity contribution < 1.29 is 18.1 Å². The zero-order valence-corrected chi connectivity index (χ0v) is 15.4. The van der Waals surface area contributed by atoms with Crippen LogP contribution in [-0.2, 0) is 9.84 Å². The number of rotatable bonds is 3. The number of fused-ring (bicyclic) bond motifs is 1. The first-order valence-electron chi connectivity index (χ1n) is 6.22. The van der Waals surface area contributed by atoms with E-state index in [0.29, 0.717) is 9.75 Å². The van der Waals surface area contributed by atoms with Crippen molar-refractivity contribution in [1.29, 1.82) is 0 Å². The number of nitro groups is 1. The van der Waals surface area contributed by atoms with E-state index >= 15 is 0 Å². The van der Waals surface area contributed by atoms with E-state index in [9.17, 15) is 23.7 Å². The van der Waals surface area contributed by atoms with Gasteiger partial charge in [0.05, 0.1) is 19.7 Å². The second-order valence-corrected chi connectivity index (χ2v) is 9.03. The lowest BCUT2D eigenvalue weighted by Gasteiger charge is -2.02. The quantitative estimate of drug-likeness (QED) is 0.262. The second kappa shape index (κ2) is 5.96. The molecule has 3 aromatic rings. The minimum absolute atomic E-state index is 0.00565. The molecule has 0 aliphatic rings. The Morgan fingerprint density at radius 2 is 1.88 bits per heavy atom. The predicted molar refractivity (Wildman–Crippen MR) is 92.0 cm³/mol. The van der Waals surface area contributed by atoms with Crippen LogP contribution in [0.3, 0.4) is 0 Å². The molecule has 0 aliphatic carbocycles. The fourth-order valence-corrected chi connectivity index (χ4v) is 6.29. The number of aromatic nitrogens is 1. The third kappa shape index (κ3) is 2.75. The Morgan fingerprint density at radius 3 is 2.46 bits per heavy atom. The molecule has 0 saturated carbocycles. The van der Waals surface area contributed by atoms with E-state index in [2.05, 4.69) is 15.9 Å². The minimum Gasteiger partial charge on any atom is -0.617 e. The van der Waals surface area contributed by atoms with Gasteiger partial charge in [-0.1, -0.05) is 22.9 Å². The maximum atomic E-state index is 12.8. The van der Waals surface area contributed by atoms with Gasteiger partial charge in [0.25, 0.3) is 11.0 Å². The molecule has 0 radical (unpaired) electrons. The Kier molecular flexibility index (Phi) is 4.24. The van der Waals surface area contributed by atoms with Crippen LogP contribution < -0.4 is 4.73 Å². The van der Waals surface area contributed by atoms with Gasteiger partial charge in [-0.2, -0.15) is 4.73 Å². The van der Waals surface area contributed by atoms with Gasteiger partial charge in [-0.3, -0.25) is 10.1 Å². The van der Waals surface area contributed by atoms with E-state index in [1.54, 1.807) is 0 Å². The summed E-state index contributed by atoms with van der Waals surface area (Å²) in [6.07, 6.45) is 0.796. The van der Waals surface area contributed by atoms with Crippen LogP contribution in [0.2, 0.25) is 5.02 Å². The largest absolute Gasteiger partial charge is 0.617 e. The van der Waals surface area contributed by atoms with E-state index in [-0.39, 0.29) is 23.8 Å². The topological polar surface area (TPSA) is 104 Å². The van der Waals surface area contributed by atoms with Crippen LogP contribution in [-0.4, -0.2) is 13.3 Å². The summed E-state index contributed by atoms with van der Waals surface area (Å²) in [5, 5.41) is 23.4. The summed E-state index contributed by atoms with van der Waals surface area (Å²) < 4.78 is 25.8. The summed E-state index contributed by atoms with van der Waals surface area (Å²) in [7, 11) is -3.91. The lowest BCUT2D eigenvalue weighted by molar-refractivity contribution is -0.579. The molecule has 3 rings (SSSR count). The van der Waals surface area contributed by atoms with Gasteiger partial charge in [-0.15, -0.1) is 0 Å². The molecule has 0 fully saturated rings. The Morgan fingerprint density at radius 1 is 1.25 bits per heavy atom. The van der Waals surface area contributed by atoms with Crippen LogP contribution in [0.1, 0.15) is 0 Å². The summed E-state index contributed by atoms with van der Waals surface area (Å²) in [4.78, 5) is 10.2. The van der Waals surface area contributed by atoms with E-state index in [0.717, 1.165) is 23.6 Å². The molecule has 0 N–H and O–H groups in total. The number of thiophene rings is 1. The Labute approximate surface area is 152 Å². The summed E-state index contributed by atoms with van der Waals surface area (Å²) in [5.41, 5.74) is -0.425. The lowest BCUT2D eigenvalue weighted by atomic mass is 10.3. The van der Waals surface area contributed by atoms with Gasteiger partial charge in [0.1, 0.15) is 4.21 Å². The number of benzene rings is 1. The monoisotopic (exact) mass is 448 g/mol. The number of nitrogens with zero attached hydrogens (tertiary/aromatic N) is 2. The van der Waals surface area contributed by atoms with Crippen molar-refractivity contribution in [2.75, 3.05) is 0 Å². The molecular formula is C13H6BrClN2O5S2. The highest BCUT2D eigenvalue weighted by molar-refractivity contribution is 9.10. The van der Waals surface area contributed by atoms with E-state index in [4.69, 9.17) is 11.6 Å². The molecule has 0 amide bonds. The van der Waals surface area contributed by atoms with Crippen molar-refractivity contribution in [3.63, 3.8) is 0 Å². The molecule has 0 unspecified atom stereocenters. The third-order valence-corrected chi connectivity index (χ3v) is 8.23. The molecule has 24 heavy (non-hydrogen) atoms. The molecule has 0 saturated heterocycles. The standard InChI is InChI=1S/C13H6BrClN2O5S2/c14-11-10-5-8(17(19)20)6-16(18)12(10)23-13(11)24(21,22)9-3-1-7(15)2-4-9/h1-6H. The second-order valence-electron chi connectivity index (χ2n) is 4.66. The van der Waals surface area contributed by atoms with Gasteiger partial charge in [-0.25, -0.2) is 8.42 Å². The molecular weight excluding hydrogens is 444 g/mol. The van der Waals surface area contributed by atoms with Crippen molar-refractivity contribution >= 4 is 64.6 Å². The lowest BCUT2D eigenvalue weighted by Crippen LogP contribution is -2.25. The van der Waals surface area contributed by atoms with Gasteiger partial charge < -0.3 is 5.21 Å². The van der Waals surface area contributed by atoms with Gasteiger partial charge in [0.2, 0.25) is 9.84 Å². The Hall–Kier alpha value is -1.75. The van der Waals surface area contributed by atoms with Gasteiger partial charge >= 0.3 is 5.69 Å². The van der Waals surface area contributed by atoms with E-state index in [1.807, 2.05) is 0 Å². The van der Waals surface area contributed by atoms with Crippen LogP contribution >= 0.6 is 38.9 Å². The predicted octanol–water partition coefficient (Wildman–Crippen LogP) is 3.69. The molecule has 0 bridgehead atoms. The Bertz CT molecular complexity index is 1080. The SMILES string of the molecule is O=[N+]([O-])c1cc2c(Br)c(S(=O)(=O)c3ccc(Cl)cc3)sc2[n+]([O-])c1. The van der Waals surface area contributed by atoms with Crippen LogP contribution in [0.15, 0.2) is 50.1 Å². The van der Waals surface area contributed by atoms with Crippen LogP contribution in [0.25, 0.3) is 10.2 Å². The first kappa shape index (κ1) is 17.1. The molecule has 2 aromatic heterocycles. The molecule has 0 aliphatic heterocycles. The maximum Gasteiger partial charge on any atom is 0.334 e. The highest BCUT2D eigenvalue weighted by Gasteiger charge is 2.29. The summed E-state index contributed by atoms with van der Waals surface area (Å²) in [5.74, 6) is 0. The smallest absolute Gasteiger partial charge is 0.334 e. The van der Waals surface area contributed by atoms with Crippen molar-refractivity contribution in [2.45, 2.75) is 9.10 Å². The van der Waals surface area contributed by atoms with Crippen LogP contribution in [0, 0.1) is 15.3 Å². The normalized spacial score (nSPS) is 11.8. The first-order chi connectivity index (χ1) is 11.2. The third-order valence-electron chi connectivity index (χ3n) is 3.16. The molecule has 0 atom stereocenters. The number of halogens is 2. The molecule has 7 nitrogen and oxygen atoms in total.